The summed E-state index contributed by atoms with van der Waals surface area (Å²) in [6, 6.07) is 4.70. The van der Waals surface area contributed by atoms with Gasteiger partial charge in [0.15, 0.2) is 0 Å². The predicted octanol–water partition coefficient (Wildman–Crippen LogP) is 4.35. The highest BCUT2D eigenvalue weighted by atomic mass is 19.4. The zero-order valence-electron chi connectivity index (χ0n) is 17.4. The molecule has 29 heavy (non-hydrogen) atoms. The summed E-state index contributed by atoms with van der Waals surface area (Å²) >= 11 is 0. The van der Waals surface area contributed by atoms with Crippen LogP contribution in [0, 0.1) is 5.92 Å². The molecule has 0 radical (unpaired) electrons. The van der Waals surface area contributed by atoms with Gasteiger partial charge in [-0.25, -0.2) is 4.79 Å². The summed E-state index contributed by atoms with van der Waals surface area (Å²) in [5.74, 6) is 0.186. The van der Waals surface area contributed by atoms with Crippen LogP contribution in [0.15, 0.2) is 24.3 Å². The Labute approximate surface area is 169 Å². The topological polar surface area (TPSA) is 49.9 Å². The summed E-state index contributed by atoms with van der Waals surface area (Å²) in [4.78, 5) is 27.8. The van der Waals surface area contributed by atoms with Crippen molar-refractivity contribution in [3.63, 3.8) is 0 Å². The molecule has 1 aromatic rings. The molecule has 0 saturated carbocycles. The molecule has 0 atom stereocenters. The molecule has 1 fully saturated rings. The number of hydrogen-bond donors (Lipinski definition) is 0. The van der Waals surface area contributed by atoms with Crippen LogP contribution < -0.4 is 0 Å². The molecular weight excluding hydrogens is 385 g/mol. The van der Waals surface area contributed by atoms with E-state index < -0.39 is 17.3 Å². The molecule has 8 heteroatoms. The van der Waals surface area contributed by atoms with Crippen molar-refractivity contribution in [3.8, 4) is 0 Å². The van der Waals surface area contributed by atoms with E-state index in [0.29, 0.717) is 25.2 Å². The highest BCUT2D eigenvalue weighted by Gasteiger charge is 2.30. The van der Waals surface area contributed by atoms with Crippen LogP contribution >= 0.6 is 0 Å². The summed E-state index contributed by atoms with van der Waals surface area (Å²) < 4.78 is 43.2. The van der Waals surface area contributed by atoms with E-state index in [0.717, 1.165) is 25.0 Å². The van der Waals surface area contributed by atoms with Crippen molar-refractivity contribution in [1.82, 2.24) is 9.80 Å². The summed E-state index contributed by atoms with van der Waals surface area (Å²) in [6.07, 6.45) is -3.12. The zero-order valence-corrected chi connectivity index (χ0v) is 17.4. The number of piperidine rings is 1. The van der Waals surface area contributed by atoms with Crippen LogP contribution in [-0.2, 0) is 22.1 Å². The molecule has 5 nitrogen and oxygen atoms in total. The zero-order chi connectivity index (χ0) is 21.8. The maximum Gasteiger partial charge on any atom is 0.416 e. The van der Waals surface area contributed by atoms with Crippen LogP contribution in [0.3, 0.4) is 0 Å². The Hall–Kier alpha value is -2.25. The normalized spacial score (nSPS) is 15.9. The second kappa shape index (κ2) is 9.05. The van der Waals surface area contributed by atoms with Gasteiger partial charge in [0.1, 0.15) is 5.60 Å². The Morgan fingerprint density at radius 1 is 1.10 bits per heavy atom. The second-order valence-electron chi connectivity index (χ2n) is 8.56. The van der Waals surface area contributed by atoms with Crippen LogP contribution in [0.2, 0.25) is 0 Å². The molecule has 0 unspecified atom stereocenters. The van der Waals surface area contributed by atoms with Gasteiger partial charge in [0.05, 0.1) is 12.0 Å². The number of rotatable bonds is 4. The number of carbonyl (C=O) groups is 2. The molecule has 1 heterocycles. The van der Waals surface area contributed by atoms with Crippen molar-refractivity contribution in [3.05, 3.63) is 35.4 Å². The number of likely N-dealkylation sites (tertiary alicyclic amines) is 1. The third-order valence-electron chi connectivity index (χ3n) is 4.84. The van der Waals surface area contributed by atoms with Crippen LogP contribution in [0.1, 0.15) is 44.7 Å². The molecule has 0 aliphatic carbocycles. The third kappa shape index (κ3) is 7.25. The Kier molecular flexibility index (Phi) is 7.19. The van der Waals surface area contributed by atoms with E-state index in [9.17, 15) is 22.8 Å². The minimum atomic E-state index is -4.38. The van der Waals surface area contributed by atoms with E-state index in [1.807, 2.05) is 20.8 Å². The number of hydrogen-bond acceptors (Lipinski definition) is 3. The maximum atomic E-state index is 12.6. The number of amides is 2. The lowest BCUT2D eigenvalue weighted by Gasteiger charge is -2.34. The fourth-order valence-electron chi connectivity index (χ4n) is 3.26. The molecule has 2 amide bonds. The summed E-state index contributed by atoms with van der Waals surface area (Å²) in [5.41, 5.74) is -0.696. The molecule has 0 bridgehead atoms. The first-order valence-corrected chi connectivity index (χ1v) is 9.73. The van der Waals surface area contributed by atoms with E-state index >= 15 is 0 Å². The van der Waals surface area contributed by atoms with Crippen molar-refractivity contribution in [2.45, 2.75) is 51.8 Å². The summed E-state index contributed by atoms with van der Waals surface area (Å²) in [5, 5.41) is 0. The van der Waals surface area contributed by atoms with E-state index in [4.69, 9.17) is 4.74 Å². The Bertz CT molecular complexity index is 703. The minimum Gasteiger partial charge on any atom is -0.444 e. The van der Waals surface area contributed by atoms with Crippen LogP contribution in [0.4, 0.5) is 18.0 Å². The average molecular weight is 414 g/mol. The molecule has 1 saturated heterocycles. The lowest BCUT2D eigenvalue weighted by molar-refractivity contribution is -0.137. The van der Waals surface area contributed by atoms with Crippen LogP contribution in [0.5, 0.6) is 0 Å². The monoisotopic (exact) mass is 414 g/mol. The van der Waals surface area contributed by atoms with E-state index in [1.165, 1.54) is 12.1 Å². The van der Waals surface area contributed by atoms with Crippen molar-refractivity contribution in [1.29, 1.82) is 0 Å². The predicted molar refractivity (Wildman–Crippen MR) is 103 cm³/mol. The first-order chi connectivity index (χ1) is 13.3. The fourth-order valence-corrected chi connectivity index (χ4v) is 3.26. The number of benzene rings is 1. The van der Waals surface area contributed by atoms with Crippen molar-refractivity contribution < 1.29 is 27.5 Å². The van der Waals surface area contributed by atoms with Crippen molar-refractivity contribution >= 4 is 12.0 Å². The van der Waals surface area contributed by atoms with E-state index in [2.05, 4.69) is 0 Å². The first kappa shape index (κ1) is 23.0. The molecule has 0 spiro atoms. The van der Waals surface area contributed by atoms with E-state index in [-0.39, 0.29) is 24.3 Å². The number of alkyl halides is 3. The fraction of sp³-hybridized carbons (Fsp3) is 0.619. The van der Waals surface area contributed by atoms with Gasteiger partial charge in [-0.2, -0.15) is 13.2 Å². The summed E-state index contributed by atoms with van der Waals surface area (Å²) in [6.45, 7) is 7.17. The lowest BCUT2D eigenvalue weighted by atomic mass is 9.96. The molecule has 0 N–H and O–H groups in total. The molecule has 0 aromatic heterocycles. The van der Waals surface area contributed by atoms with Gasteiger partial charge in [0.2, 0.25) is 5.91 Å². The highest BCUT2D eigenvalue weighted by Crippen LogP contribution is 2.29. The smallest absolute Gasteiger partial charge is 0.416 e. The van der Waals surface area contributed by atoms with Gasteiger partial charge in [0, 0.05) is 26.7 Å². The van der Waals surface area contributed by atoms with Crippen LogP contribution in [-0.4, -0.2) is 54.1 Å². The molecule has 1 aromatic carbocycles. The Morgan fingerprint density at radius 3 is 2.14 bits per heavy atom. The molecule has 2 rings (SSSR count). The van der Waals surface area contributed by atoms with Crippen molar-refractivity contribution in [2.24, 2.45) is 5.92 Å². The van der Waals surface area contributed by atoms with Crippen LogP contribution in [0.25, 0.3) is 0 Å². The number of halogens is 3. The van der Waals surface area contributed by atoms with Gasteiger partial charge in [-0.15, -0.1) is 0 Å². The Balaban J connectivity index is 1.80. The number of carbonyl (C=O) groups excluding carboxylic acids is 2. The van der Waals surface area contributed by atoms with Gasteiger partial charge >= 0.3 is 12.3 Å². The van der Waals surface area contributed by atoms with Gasteiger partial charge < -0.3 is 14.5 Å². The average Bonchev–Trinajstić information content (AvgIpc) is 2.60. The van der Waals surface area contributed by atoms with Crippen molar-refractivity contribution in [2.75, 3.05) is 26.7 Å². The van der Waals surface area contributed by atoms with Gasteiger partial charge in [0.25, 0.3) is 0 Å². The molecule has 162 valence electrons. The quantitative estimate of drug-likeness (QED) is 0.736. The second-order valence-corrected chi connectivity index (χ2v) is 8.56. The molecule has 1 aliphatic rings. The third-order valence-corrected chi connectivity index (χ3v) is 4.84. The van der Waals surface area contributed by atoms with E-state index in [1.54, 1.807) is 16.8 Å². The van der Waals surface area contributed by atoms with Gasteiger partial charge in [-0.05, 0) is 57.2 Å². The minimum absolute atomic E-state index is 0.0839. The lowest BCUT2D eigenvalue weighted by Crippen LogP contribution is -2.43. The number of nitrogens with zero attached hydrogens (tertiary/aromatic N) is 2. The summed E-state index contributed by atoms with van der Waals surface area (Å²) in [7, 11) is 1.70. The first-order valence-electron chi connectivity index (χ1n) is 9.73. The van der Waals surface area contributed by atoms with Gasteiger partial charge in [-0.1, -0.05) is 12.1 Å². The largest absolute Gasteiger partial charge is 0.444 e. The molecule has 1 aliphatic heterocycles. The standard InChI is InChI=1S/C21H29F3N2O3/c1-20(2,3)29-19(28)25(4)14-16-9-11-26(12-10-16)18(27)13-15-5-7-17(8-6-15)21(22,23)24/h5-8,16H,9-14H2,1-4H3. The molecular formula is C21H29F3N2O3. The van der Waals surface area contributed by atoms with Gasteiger partial charge in [-0.3, -0.25) is 4.79 Å². The maximum absolute atomic E-state index is 12.6. The highest BCUT2D eigenvalue weighted by molar-refractivity contribution is 5.78. The number of ether oxygens (including phenoxy) is 1. The SMILES string of the molecule is CN(CC1CCN(C(=O)Cc2ccc(C(F)(F)F)cc2)CC1)C(=O)OC(C)(C)C. The Morgan fingerprint density at radius 2 is 1.66 bits per heavy atom.